The highest BCUT2D eigenvalue weighted by molar-refractivity contribution is 5.80. The van der Waals surface area contributed by atoms with Crippen molar-refractivity contribution >= 4 is 11.8 Å². The topological polar surface area (TPSA) is 69.6 Å². The van der Waals surface area contributed by atoms with Gasteiger partial charge in [0.1, 0.15) is 0 Å². The number of carbonyl (C=O) groups excluding carboxylic acids is 2. The van der Waals surface area contributed by atoms with Crippen molar-refractivity contribution < 1.29 is 14.7 Å². The number of piperidine rings is 1. The van der Waals surface area contributed by atoms with Crippen LogP contribution in [-0.4, -0.2) is 47.1 Å². The van der Waals surface area contributed by atoms with E-state index in [0.717, 1.165) is 25.9 Å². The van der Waals surface area contributed by atoms with E-state index in [0.29, 0.717) is 18.3 Å². The fraction of sp³-hybridized carbons (Fsp3) is 0.867. The molecule has 1 saturated carbocycles. The Kier molecular flexibility index (Phi) is 4.37. The predicted octanol–water partition coefficient (Wildman–Crippen LogP) is 0.911. The second-order valence-corrected chi connectivity index (χ2v) is 7.03. The van der Waals surface area contributed by atoms with Gasteiger partial charge in [0.15, 0.2) is 0 Å². The number of likely N-dealkylation sites (tertiary alicyclic amines) is 1. The molecule has 2 N–H and O–H groups in total. The first-order valence-electron chi connectivity index (χ1n) is 7.52. The monoisotopic (exact) mass is 282 g/mol. The average Bonchev–Trinajstić information content (AvgIpc) is 2.69. The third-order valence-electron chi connectivity index (χ3n) is 4.70. The summed E-state index contributed by atoms with van der Waals surface area (Å²) in [4.78, 5) is 25.5. The molecule has 114 valence electrons. The molecule has 1 aliphatic carbocycles. The van der Waals surface area contributed by atoms with Crippen LogP contribution in [0.15, 0.2) is 0 Å². The van der Waals surface area contributed by atoms with E-state index in [-0.39, 0.29) is 23.8 Å². The number of carbonyl (C=O) groups is 2. The van der Waals surface area contributed by atoms with E-state index < -0.39 is 6.10 Å². The smallest absolute Gasteiger partial charge is 0.225 e. The van der Waals surface area contributed by atoms with E-state index in [1.807, 2.05) is 4.90 Å². The Morgan fingerprint density at radius 3 is 2.35 bits per heavy atom. The molecule has 1 saturated heterocycles. The van der Waals surface area contributed by atoms with Gasteiger partial charge in [-0.05, 0) is 31.1 Å². The minimum absolute atomic E-state index is 0.146. The van der Waals surface area contributed by atoms with Gasteiger partial charge in [-0.25, -0.2) is 0 Å². The van der Waals surface area contributed by atoms with Crippen molar-refractivity contribution in [1.29, 1.82) is 0 Å². The lowest BCUT2D eigenvalue weighted by Crippen LogP contribution is -2.43. The molecule has 1 heterocycles. The van der Waals surface area contributed by atoms with Crippen LogP contribution >= 0.6 is 0 Å². The number of rotatable bonds is 2. The SMILES string of the molecule is CC(=O)N[C@H]1C[C@H](C(=O)N2CCC(C)(C)CC2)C[C@@H]1O. The van der Waals surface area contributed by atoms with E-state index in [2.05, 4.69) is 19.2 Å². The molecule has 0 aromatic carbocycles. The number of amides is 2. The average molecular weight is 282 g/mol. The standard InChI is InChI=1S/C15H26N2O3/c1-10(18)16-12-8-11(9-13(12)19)14(20)17-6-4-15(2,3)5-7-17/h11-13,19H,4-9H2,1-3H3,(H,16,18)/t11-,12-,13-/m0/s1. The van der Waals surface area contributed by atoms with Gasteiger partial charge < -0.3 is 15.3 Å². The summed E-state index contributed by atoms with van der Waals surface area (Å²) in [5, 5.41) is 12.7. The van der Waals surface area contributed by atoms with E-state index in [1.54, 1.807) is 0 Å². The van der Waals surface area contributed by atoms with Crippen LogP contribution in [0.5, 0.6) is 0 Å². The number of hydrogen-bond acceptors (Lipinski definition) is 3. The number of aliphatic hydroxyl groups excluding tert-OH is 1. The highest BCUT2D eigenvalue weighted by Gasteiger charge is 2.40. The van der Waals surface area contributed by atoms with Gasteiger partial charge in [0.05, 0.1) is 12.1 Å². The van der Waals surface area contributed by atoms with Crippen molar-refractivity contribution in [2.75, 3.05) is 13.1 Å². The first-order valence-corrected chi connectivity index (χ1v) is 7.52. The van der Waals surface area contributed by atoms with Crippen LogP contribution in [-0.2, 0) is 9.59 Å². The molecular weight excluding hydrogens is 256 g/mol. The molecule has 0 unspecified atom stereocenters. The zero-order valence-electron chi connectivity index (χ0n) is 12.7. The van der Waals surface area contributed by atoms with Crippen LogP contribution < -0.4 is 5.32 Å². The highest BCUT2D eigenvalue weighted by atomic mass is 16.3. The maximum Gasteiger partial charge on any atom is 0.225 e. The van der Waals surface area contributed by atoms with Gasteiger partial charge in [-0.1, -0.05) is 13.8 Å². The molecule has 0 aromatic heterocycles. The number of nitrogens with one attached hydrogen (secondary N) is 1. The van der Waals surface area contributed by atoms with Crippen molar-refractivity contribution in [3.8, 4) is 0 Å². The Morgan fingerprint density at radius 2 is 1.80 bits per heavy atom. The minimum atomic E-state index is -0.603. The number of aliphatic hydroxyl groups is 1. The number of hydrogen-bond donors (Lipinski definition) is 2. The summed E-state index contributed by atoms with van der Waals surface area (Å²) in [6, 6.07) is -0.275. The van der Waals surface area contributed by atoms with E-state index in [4.69, 9.17) is 0 Å². The molecule has 0 aromatic rings. The molecule has 0 spiro atoms. The molecule has 2 amide bonds. The van der Waals surface area contributed by atoms with Crippen LogP contribution in [0, 0.1) is 11.3 Å². The summed E-state index contributed by atoms with van der Waals surface area (Å²) < 4.78 is 0. The van der Waals surface area contributed by atoms with Crippen molar-refractivity contribution in [2.45, 2.75) is 58.6 Å². The lowest BCUT2D eigenvalue weighted by molar-refractivity contribution is -0.137. The molecule has 5 heteroatoms. The van der Waals surface area contributed by atoms with Crippen LogP contribution in [0.2, 0.25) is 0 Å². The predicted molar refractivity (Wildman–Crippen MR) is 75.9 cm³/mol. The maximum absolute atomic E-state index is 12.5. The molecule has 3 atom stereocenters. The lowest BCUT2D eigenvalue weighted by atomic mass is 9.82. The van der Waals surface area contributed by atoms with Crippen LogP contribution in [0.4, 0.5) is 0 Å². The van der Waals surface area contributed by atoms with Crippen LogP contribution in [0.25, 0.3) is 0 Å². The summed E-state index contributed by atoms with van der Waals surface area (Å²) in [5.41, 5.74) is 0.324. The Balaban J connectivity index is 1.89. The van der Waals surface area contributed by atoms with Crippen LogP contribution in [0.1, 0.15) is 46.5 Å². The van der Waals surface area contributed by atoms with E-state index in [9.17, 15) is 14.7 Å². The van der Waals surface area contributed by atoms with Gasteiger partial charge in [-0.2, -0.15) is 0 Å². The Hall–Kier alpha value is -1.10. The van der Waals surface area contributed by atoms with Gasteiger partial charge >= 0.3 is 0 Å². The summed E-state index contributed by atoms with van der Waals surface area (Å²) in [6.45, 7) is 7.53. The molecular formula is C15H26N2O3. The zero-order valence-corrected chi connectivity index (χ0v) is 12.7. The van der Waals surface area contributed by atoms with Crippen LogP contribution in [0.3, 0.4) is 0 Å². The summed E-state index contributed by atoms with van der Waals surface area (Å²) in [5.74, 6) is -0.155. The second kappa shape index (κ2) is 5.72. The summed E-state index contributed by atoms with van der Waals surface area (Å²) >= 11 is 0. The third kappa shape index (κ3) is 3.51. The summed E-state index contributed by atoms with van der Waals surface area (Å²) in [6.07, 6.45) is 2.48. The van der Waals surface area contributed by atoms with Crippen molar-refractivity contribution in [3.63, 3.8) is 0 Å². The molecule has 5 nitrogen and oxygen atoms in total. The van der Waals surface area contributed by atoms with Crippen molar-refractivity contribution in [2.24, 2.45) is 11.3 Å². The molecule has 2 rings (SSSR count). The lowest BCUT2D eigenvalue weighted by Gasteiger charge is -2.38. The highest BCUT2D eigenvalue weighted by Crippen LogP contribution is 2.33. The maximum atomic E-state index is 12.5. The Bertz CT molecular complexity index is 385. The Labute approximate surface area is 120 Å². The van der Waals surface area contributed by atoms with E-state index >= 15 is 0 Å². The minimum Gasteiger partial charge on any atom is -0.391 e. The molecule has 2 aliphatic rings. The fourth-order valence-electron chi connectivity index (χ4n) is 3.22. The summed E-state index contributed by atoms with van der Waals surface area (Å²) in [7, 11) is 0. The van der Waals surface area contributed by atoms with Gasteiger partial charge in [-0.15, -0.1) is 0 Å². The normalized spacial score (nSPS) is 33.0. The molecule has 0 bridgehead atoms. The van der Waals surface area contributed by atoms with E-state index in [1.165, 1.54) is 6.92 Å². The quantitative estimate of drug-likeness (QED) is 0.791. The van der Waals surface area contributed by atoms with Crippen molar-refractivity contribution in [1.82, 2.24) is 10.2 Å². The molecule has 1 aliphatic heterocycles. The van der Waals surface area contributed by atoms with Gasteiger partial charge in [0, 0.05) is 25.9 Å². The van der Waals surface area contributed by atoms with Crippen molar-refractivity contribution in [3.05, 3.63) is 0 Å². The van der Waals surface area contributed by atoms with Gasteiger partial charge in [0.2, 0.25) is 11.8 Å². The molecule has 0 radical (unpaired) electrons. The zero-order chi connectivity index (χ0) is 14.9. The first-order chi connectivity index (χ1) is 9.28. The first kappa shape index (κ1) is 15.3. The Morgan fingerprint density at radius 1 is 1.20 bits per heavy atom. The van der Waals surface area contributed by atoms with Gasteiger partial charge in [0.25, 0.3) is 0 Å². The number of nitrogens with zero attached hydrogens (tertiary/aromatic N) is 1. The van der Waals surface area contributed by atoms with Gasteiger partial charge in [-0.3, -0.25) is 9.59 Å². The largest absolute Gasteiger partial charge is 0.391 e. The third-order valence-corrected chi connectivity index (χ3v) is 4.70. The fourth-order valence-corrected chi connectivity index (χ4v) is 3.22. The second-order valence-electron chi connectivity index (χ2n) is 7.03. The molecule has 20 heavy (non-hydrogen) atoms. The molecule has 2 fully saturated rings.